The van der Waals surface area contributed by atoms with Crippen molar-refractivity contribution in [3.63, 3.8) is 0 Å². The molecule has 0 aliphatic carbocycles. The van der Waals surface area contributed by atoms with Crippen molar-refractivity contribution in [3.05, 3.63) is 17.5 Å². The Balaban J connectivity index is 2.01. The first-order valence-corrected chi connectivity index (χ1v) is 5.12. The van der Waals surface area contributed by atoms with Crippen molar-refractivity contribution in [2.75, 3.05) is 13.1 Å². The van der Waals surface area contributed by atoms with E-state index in [1.165, 1.54) is 0 Å². The number of aromatic nitrogens is 2. The normalized spacial score (nSPS) is 21.0. The number of H-pyrrole nitrogens is 1. The Morgan fingerprint density at radius 3 is 2.79 bits per heavy atom. The molecule has 0 unspecified atom stereocenters. The van der Waals surface area contributed by atoms with Crippen LogP contribution in [-0.2, 0) is 6.42 Å². The second-order valence-electron chi connectivity index (χ2n) is 4.19. The van der Waals surface area contributed by atoms with Crippen molar-refractivity contribution in [3.8, 4) is 0 Å². The van der Waals surface area contributed by atoms with Gasteiger partial charge in [-0.05, 0) is 38.9 Å². The van der Waals surface area contributed by atoms with Crippen LogP contribution < -0.4 is 5.32 Å². The van der Waals surface area contributed by atoms with Gasteiger partial charge in [0.15, 0.2) is 0 Å². The minimum absolute atomic E-state index is 0.549. The van der Waals surface area contributed by atoms with Crippen LogP contribution in [0.3, 0.4) is 0 Å². The number of hydrogen-bond donors (Lipinski definition) is 3. The highest BCUT2D eigenvalue weighted by atomic mass is 16.3. The number of nitrogens with one attached hydrogen (secondary N) is 2. The summed E-state index contributed by atoms with van der Waals surface area (Å²) in [5, 5.41) is 20.5. The summed E-state index contributed by atoms with van der Waals surface area (Å²) in [6.07, 6.45) is 2.30. The molecule has 2 rings (SSSR count). The first-order chi connectivity index (χ1) is 6.68. The van der Waals surface area contributed by atoms with Crippen molar-refractivity contribution < 1.29 is 5.11 Å². The quantitative estimate of drug-likeness (QED) is 0.639. The van der Waals surface area contributed by atoms with E-state index in [0.29, 0.717) is 6.42 Å². The largest absolute Gasteiger partial charge is 0.389 e. The first-order valence-electron chi connectivity index (χ1n) is 5.12. The maximum atomic E-state index is 10.2. The van der Waals surface area contributed by atoms with Crippen LogP contribution in [0.1, 0.15) is 24.2 Å². The highest BCUT2D eigenvalue weighted by molar-refractivity contribution is 5.10. The molecule has 1 aliphatic heterocycles. The molecule has 0 spiro atoms. The maximum Gasteiger partial charge on any atom is 0.0727 e. The van der Waals surface area contributed by atoms with E-state index in [0.717, 1.165) is 37.3 Å². The van der Waals surface area contributed by atoms with Crippen molar-refractivity contribution >= 4 is 0 Å². The van der Waals surface area contributed by atoms with E-state index in [4.69, 9.17) is 0 Å². The lowest BCUT2D eigenvalue weighted by Gasteiger charge is -2.31. The van der Waals surface area contributed by atoms with Gasteiger partial charge >= 0.3 is 0 Å². The Labute approximate surface area is 83.7 Å². The van der Waals surface area contributed by atoms with Crippen LogP contribution >= 0.6 is 0 Å². The predicted molar refractivity (Wildman–Crippen MR) is 54.1 cm³/mol. The van der Waals surface area contributed by atoms with Gasteiger partial charge in [0.05, 0.1) is 11.3 Å². The van der Waals surface area contributed by atoms with E-state index < -0.39 is 5.60 Å². The second kappa shape index (κ2) is 3.71. The molecule has 0 atom stereocenters. The minimum atomic E-state index is -0.549. The third kappa shape index (κ3) is 2.13. The molecule has 0 radical (unpaired) electrons. The Morgan fingerprint density at radius 1 is 1.50 bits per heavy atom. The van der Waals surface area contributed by atoms with Gasteiger partial charge in [-0.3, -0.25) is 5.10 Å². The number of piperidine rings is 1. The van der Waals surface area contributed by atoms with Crippen molar-refractivity contribution in [1.29, 1.82) is 0 Å². The van der Waals surface area contributed by atoms with Crippen molar-refractivity contribution in [2.45, 2.75) is 31.8 Å². The molecular weight excluding hydrogens is 178 g/mol. The molecule has 1 aromatic rings. The van der Waals surface area contributed by atoms with E-state index >= 15 is 0 Å². The fraction of sp³-hybridized carbons (Fsp3) is 0.700. The Hall–Kier alpha value is -0.870. The molecule has 1 aliphatic rings. The summed E-state index contributed by atoms with van der Waals surface area (Å²) in [6.45, 7) is 3.78. The summed E-state index contributed by atoms with van der Waals surface area (Å²) < 4.78 is 0. The smallest absolute Gasteiger partial charge is 0.0727 e. The molecule has 78 valence electrons. The summed E-state index contributed by atoms with van der Waals surface area (Å²) in [6, 6.07) is 2.00. The molecule has 0 saturated carbocycles. The Bertz CT molecular complexity index is 302. The van der Waals surface area contributed by atoms with Gasteiger partial charge < -0.3 is 10.4 Å². The molecule has 0 amide bonds. The zero-order valence-corrected chi connectivity index (χ0v) is 8.51. The second-order valence-corrected chi connectivity index (χ2v) is 4.19. The molecule has 1 saturated heterocycles. The number of rotatable bonds is 2. The first kappa shape index (κ1) is 9.68. The summed E-state index contributed by atoms with van der Waals surface area (Å²) in [5.41, 5.74) is 1.47. The number of nitrogens with zero attached hydrogens (tertiary/aromatic N) is 1. The molecule has 3 N–H and O–H groups in total. The summed E-state index contributed by atoms with van der Waals surface area (Å²) in [4.78, 5) is 0. The zero-order valence-electron chi connectivity index (χ0n) is 8.51. The minimum Gasteiger partial charge on any atom is -0.389 e. The average Bonchev–Trinajstić information content (AvgIpc) is 2.51. The van der Waals surface area contributed by atoms with Gasteiger partial charge in [0.25, 0.3) is 0 Å². The molecule has 4 nitrogen and oxygen atoms in total. The van der Waals surface area contributed by atoms with Gasteiger partial charge in [-0.25, -0.2) is 0 Å². The lowest BCUT2D eigenvalue weighted by Crippen LogP contribution is -2.43. The maximum absolute atomic E-state index is 10.2. The lowest BCUT2D eigenvalue weighted by molar-refractivity contribution is 0.0100. The molecule has 4 heteroatoms. The van der Waals surface area contributed by atoms with Crippen LogP contribution in [-0.4, -0.2) is 34.0 Å². The molecule has 2 heterocycles. The van der Waals surface area contributed by atoms with Crippen LogP contribution in [0.4, 0.5) is 0 Å². The van der Waals surface area contributed by atoms with Crippen molar-refractivity contribution in [1.82, 2.24) is 15.5 Å². The number of aromatic amines is 1. The number of hydrogen-bond acceptors (Lipinski definition) is 3. The standard InChI is InChI=1S/C10H17N3O/c1-8-6-9(13-12-8)7-10(14)2-4-11-5-3-10/h6,11,14H,2-5,7H2,1H3,(H,12,13). The van der Waals surface area contributed by atoms with E-state index in [1.54, 1.807) is 0 Å². The highest BCUT2D eigenvalue weighted by Gasteiger charge is 2.29. The monoisotopic (exact) mass is 195 g/mol. The topological polar surface area (TPSA) is 60.9 Å². The SMILES string of the molecule is Cc1cc(CC2(O)CCNCC2)n[nH]1. The van der Waals surface area contributed by atoms with Gasteiger partial charge in [0, 0.05) is 12.1 Å². The van der Waals surface area contributed by atoms with Gasteiger partial charge in [-0.2, -0.15) is 5.10 Å². The summed E-state index contributed by atoms with van der Waals surface area (Å²) in [5.74, 6) is 0. The molecule has 1 aromatic heterocycles. The zero-order chi connectivity index (χ0) is 10.0. The summed E-state index contributed by atoms with van der Waals surface area (Å²) in [7, 11) is 0. The van der Waals surface area contributed by atoms with Crippen LogP contribution in [0.5, 0.6) is 0 Å². The Kier molecular flexibility index (Phi) is 2.56. The third-order valence-corrected chi connectivity index (χ3v) is 2.80. The predicted octanol–water partition coefficient (Wildman–Crippen LogP) is 0.375. The Morgan fingerprint density at radius 2 is 2.21 bits per heavy atom. The summed E-state index contributed by atoms with van der Waals surface area (Å²) >= 11 is 0. The van der Waals surface area contributed by atoms with Gasteiger partial charge in [-0.15, -0.1) is 0 Å². The average molecular weight is 195 g/mol. The lowest BCUT2D eigenvalue weighted by atomic mass is 9.88. The number of aliphatic hydroxyl groups is 1. The molecule has 1 fully saturated rings. The highest BCUT2D eigenvalue weighted by Crippen LogP contribution is 2.22. The van der Waals surface area contributed by atoms with E-state index in [9.17, 15) is 5.11 Å². The van der Waals surface area contributed by atoms with E-state index in [-0.39, 0.29) is 0 Å². The van der Waals surface area contributed by atoms with E-state index in [1.807, 2.05) is 13.0 Å². The van der Waals surface area contributed by atoms with E-state index in [2.05, 4.69) is 15.5 Å². The van der Waals surface area contributed by atoms with Crippen LogP contribution in [0, 0.1) is 6.92 Å². The van der Waals surface area contributed by atoms with Crippen LogP contribution in [0.2, 0.25) is 0 Å². The molecule has 0 aromatic carbocycles. The van der Waals surface area contributed by atoms with Crippen LogP contribution in [0.15, 0.2) is 6.07 Å². The molecular formula is C10H17N3O. The number of aryl methyl sites for hydroxylation is 1. The van der Waals surface area contributed by atoms with Gasteiger partial charge in [0.1, 0.15) is 0 Å². The fourth-order valence-electron chi connectivity index (χ4n) is 1.97. The molecule has 14 heavy (non-hydrogen) atoms. The third-order valence-electron chi connectivity index (χ3n) is 2.80. The van der Waals surface area contributed by atoms with Crippen molar-refractivity contribution in [2.24, 2.45) is 0 Å². The molecule has 0 bridgehead atoms. The fourth-order valence-corrected chi connectivity index (χ4v) is 1.97. The van der Waals surface area contributed by atoms with Gasteiger partial charge in [0.2, 0.25) is 0 Å². The van der Waals surface area contributed by atoms with Crippen LogP contribution in [0.25, 0.3) is 0 Å². The van der Waals surface area contributed by atoms with Gasteiger partial charge in [-0.1, -0.05) is 0 Å².